The number of benzene rings is 1. The predicted molar refractivity (Wildman–Crippen MR) is 118 cm³/mol. The van der Waals surface area contributed by atoms with Gasteiger partial charge in [-0.3, -0.25) is 14.5 Å². The highest BCUT2D eigenvalue weighted by atomic mass is 35.5. The molecule has 0 radical (unpaired) electrons. The third kappa shape index (κ3) is 5.30. The number of carbonyl (C=O) groups is 2. The smallest absolute Gasteiger partial charge is 0.226 e. The molecule has 0 atom stereocenters. The van der Waals surface area contributed by atoms with Gasteiger partial charge in [-0.1, -0.05) is 41.9 Å². The van der Waals surface area contributed by atoms with Gasteiger partial charge in [0.15, 0.2) is 10.9 Å². The Balaban J connectivity index is 1.29. The molecular weight excluding hydrogens is 426 g/mol. The molecule has 5 nitrogen and oxygen atoms in total. The molecule has 1 amide bonds. The standard InChI is InChI=1S/C21H20ClN3O2S2/c22-19-8-7-17(28-19)16(26)6-9-20(27)24-21-23-15-10-11-25(13-18(15)29-21)12-14-4-2-1-3-5-14/h1-5,7-8H,6,9-13H2,(H,23,24,27). The number of halogens is 1. The molecule has 3 aromatic rings. The highest BCUT2D eigenvalue weighted by Gasteiger charge is 2.21. The maximum atomic E-state index is 12.2. The normalized spacial score (nSPS) is 13.8. The Kier molecular flexibility index (Phi) is 6.40. The molecule has 8 heteroatoms. The number of aromatic nitrogens is 1. The fraction of sp³-hybridized carbons (Fsp3) is 0.286. The number of nitrogens with one attached hydrogen (secondary N) is 1. The van der Waals surface area contributed by atoms with Gasteiger partial charge in [0, 0.05) is 43.8 Å². The average molecular weight is 446 g/mol. The van der Waals surface area contributed by atoms with Gasteiger partial charge >= 0.3 is 0 Å². The van der Waals surface area contributed by atoms with Crippen LogP contribution >= 0.6 is 34.3 Å². The molecule has 1 aliphatic heterocycles. The summed E-state index contributed by atoms with van der Waals surface area (Å²) < 4.78 is 0.576. The van der Waals surface area contributed by atoms with Crippen LogP contribution in [0.5, 0.6) is 0 Å². The Bertz CT molecular complexity index is 1020. The zero-order valence-electron chi connectivity index (χ0n) is 15.7. The summed E-state index contributed by atoms with van der Waals surface area (Å²) in [5.41, 5.74) is 2.37. The summed E-state index contributed by atoms with van der Waals surface area (Å²) in [5, 5.41) is 3.47. The van der Waals surface area contributed by atoms with E-state index in [9.17, 15) is 9.59 Å². The van der Waals surface area contributed by atoms with Crippen molar-refractivity contribution in [3.63, 3.8) is 0 Å². The van der Waals surface area contributed by atoms with Crippen molar-refractivity contribution < 1.29 is 9.59 Å². The number of thiazole rings is 1. The SMILES string of the molecule is O=C(CCC(=O)c1ccc(Cl)s1)Nc1nc2c(s1)CN(Cc1ccccc1)CC2. The first-order chi connectivity index (χ1) is 14.1. The van der Waals surface area contributed by atoms with Crippen molar-refractivity contribution in [2.75, 3.05) is 11.9 Å². The first-order valence-corrected chi connectivity index (χ1v) is 11.4. The summed E-state index contributed by atoms with van der Waals surface area (Å²) in [6.07, 6.45) is 1.18. The van der Waals surface area contributed by atoms with E-state index in [4.69, 9.17) is 11.6 Å². The maximum Gasteiger partial charge on any atom is 0.226 e. The maximum absolute atomic E-state index is 12.2. The molecule has 0 spiro atoms. The second kappa shape index (κ2) is 9.17. The third-order valence-electron chi connectivity index (χ3n) is 4.73. The number of anilines is 1. The summed E-state index contributed by atoms with van der Waals surface area (Å²) in [5.74, 6) is -0.250. The van der Waals surface area contributed by atoms with Gasteiger partial charge in [0.1, 0.15) is 0 Å². The van der Waals surface area contributed by atoms with Gasteiger partial charge in [0.2, 0.25) is 5.91 Å². The third-order valence-corrected chi connectivity index (χ3v) is 7.00. The predicted octanol–water partition coefficient (Wildman–Crippen LogP) is 5.02. The number of amides is 1. The van der Waals surface area contributed by atoms with Gasteiger partial charge in [0.05, 0.1) is 14.9 Å². The molecule has 0 unspecified atom stereocenters. The molecule has 0 aliphatic carbocycles. The molecule has 1 aliphatic rings. The minimum Gasteiger partial charge on any atom is -0.302 e. The Hall–Kier alpha value is -2.06. The second-order valence-electron chi connectivity index (χ2n) is 6.91. The zero-order valence-corrected chi connectivity index (χ0v) is 18.1. The van der Waals surface area contributed by atoms with Crippen LogP contribution in [0.15, 0.2) is 42.5 Å². The minimum absolute atomic E-state index is 0.0629. The second-order valence-corrected chi connectivity index (χ2v) is 9.71. The largest absolute Gasteiger partial charge is 0.302 e. The van der Waals surface area contributed by atoms with Crippen molar-refractivity contribution in [2.45, 2.75) is 32.4 Å². The van der Waals surface area contributed by atoms with Crippen molar-refractivity contribution in [3.8, 4) is 0 Å². The Labute approximate surface area is 182 Å². The number of carbonyl (C=O) groups excluding carboxylic acids is 2. The average Bonchev–Trinajstić information content (AvgIpc) is 3.32. The molecule has 3 heterocycles. The lowest BCUT2D eigenvalue weighted by Gasteiger charge is -2.25. The van der Waals surface area contributed by atoms with Crippen molar-refractivity contribution in [1.82, 2.24) is 9.88 Å². The molecule has 150 valence electrons. The van der Waals surface area contributed by atoms with Crippen molar-refractivity contribution in [1.29, 1.82) is 0 Å². The van der Waals surface area contributed by atoms with Crippen LogP contribution in [0, 0.1) is 0 Å². The van der Waals surface area contributed by atoms with Crippen LogP contribution in [0.2, 0.25) is 4.34 Å². The fourth-order valence-corrected chi connectivity index (χ4v) is 5.35. The first kappa shape index (κ1) is 20.2. The molecule has 29 heavy (non-hydrogen) atoms. The van der Waals surface area contributed by atoms with E-state index in [1.807, 2.05) is 6.07 Å². The lowest BCUT2D eigenvalue weighted by molar-refractivity contribution is -0.116. The number of thiophene rings is 1. The van der Waals surface area contributed by atoms with E-state index in [1.54, 1.807) is 12.1 Å². The summed E-state index contributed by atoms with van der Waals surface area (Å²) >= 11 is 8.62. The Morgan fingerprint density at radius 2 is 1.93 bits per heavy atom. The van der Waals surface area contributed by atoms with E-state index in [-0.39, 0.29) is 24.5 Å². The molecule has 0 bridgehead atoms. The van der Waals surface area contributed by atoms with E-state index in [2.05, 4.69) is 39.5 Å². The van der Waals surface area contributed by atoms with Gasteiger partial charge in [-0.05, 0) is 17.7 Å². The van der Waals surface area contributed by atoms with Gasteiger partial charge in [-0.2, -0.15) is 0 Å². The summed E-state index contributed by atoms with van der Waals surface area (Å²) in [6.45, 7) is 2.71. The monoisotopic (exact) mass is 445 g/mol. The molecular formula is C21H20ClN3O2S2. The van der Waals surface area contributed by atoms with E-state index in [1.165, 1.54) is 33.1 Å². The van der Waals surface area contributed by atoms with Gasteiger partial charge in [-0.25, -0.2) is 4.98 Å². The number of ketones is 1. The fourth-order valence-electron chi connectivity index (χ4n) is 3.27. The highest BCUT2D eigenvalue weighted by molar-refractivity contribution is 7.18. The number of hydrogen-bond donors (Lipinski definition) is 1. The molecule has 0 saturated heterocycles. The molecule has 0 fully saturated rings. The Morgan fingerprint density at radius 3 is 2.69 bits per heavy atom. The van der Waals surface area contributed by atoms with Gasteiger partial charge < -0.3 is 5.32 Å². The van der Waals surface area contributed by atoms with E-state index in [0.717, 1.165) is 31.7 Å². The van der Waals surface area contributed by atoms with Crippen LogP contribution in [0.4, 0.5) is 5.13 Å². The van der Waals surface area contributed by atoms with E-state index < -0.39 is 0 Å². The van der Waals surface area contributed by atoms with Crippen molar-refractivity contribution >= 4 is 51.1 Å². The number of nitrogens with zero attached hydrogens (tertiary/aromatic N) is 2. The molecule has 1 aromatic carbocycles. The van der Waals surface area contributed by atoms with Gasteiger partial charge in [-0.15, -0.1) is 22.7 Å². The minimum atomic E-state index is -0.187. The number of hydrogen-bond acceptors (Lipinski definition) is 6. The number of Topliss-reactive ketones (excluding diaryl/α,β-unsaturated/α-hetero) is 1. The summed E-state index contributed by atoms with van der Waals surface area (Å²) in [6, 6.07) is 13.8. The quantitative estimate of drug-likeness (QED) is 0.519. The van der Waals surface area contributed by atoms with Crippen LogP contribution < -0.4 is 5.32 Å². The summed E-state index contributed by atoms with van der Waals surface area (Å²) in [7, 11) is 0. The lowest BCUT2D eigenvalue weighted by atomic mass is 10.1. The van der Waals surface area contributed by atoms with E-state index >= 15 is 0 Å². The molecule has 2 aromatic heterocycles. The van der Waals surface area contributed by atoms with E-state index in [0.29, 0.717) is 14.3 Å². The summed E-state index contributed by atoms with van der Waals surface area (Å²) in [4.78, 5) is 33.1. The van der Waals surface area contributed by atoms with Crippen LogP contribution in [0.3, 0.4) is 0 Å². The van der Waals surface area contributed by atoms with Crippen LogP contribution in [-0.2, 0) is 24.3 Å². The van der Waals surface area contributed by atoms with Gasteiger partial charge in [0.25, 0.3) is 0 Å². The highest BCUT2D eigenvalue weighted by Crippen LogP contribution is 2.29. The lowest BCUT2D eigenvalue weighted by Crippen LogP contribution is -2.29. The Morgan fingerprint density at radius 1 is 1.10 bits per heavy atom. The topological polar surface area (TPSA) is 62.3 Å². The molecule has 4 rings (SSSR count). The first-order valence-electron chi connectivity index (χ1n) is 9.40. The van der Waals surface area contributed by atoms with Crippen molar-refractivity contribution in [3.05, 3.63) is 67.8 Å². The van der Waals surface area contributed by atoms with Crippen LogP contribution in [0.1, 0.15) is 38.6 Å². The molecule has 0 saturated carbocycles. The number of rotatable bonds is 7. The van der Waals surface area contributed by atoms with Crippen LogP contribution in [-0.4, -0.2) is 28.1 Å². The van der Waals surface area contributed by atoms with Crippen molar-refractivity contribution in [2.24, 2.45) is 0 Å². The zero-order chi connectivity index (χ0) is 20.2. The van der Waals surface area contributed by atoms with Crippen LogP contribution in [0.25, 0.3) is 0 Å². The molecule has 1 N–H and O–H groups in total. The number of fused-ring (bicyclic) bond motifs is 1.